The van der Waals surface area contributed by atoms with Crippen molar-refractivity contribution in [3.63, 3.8) is 0 Å². The zero-order chi connectivity index (χ0) is 15.2. The summed E-state index contributed by atoms with van der Waals surface area (Å²) in [6, 6.07) is 3.94. The van der Waals surface area contributed by atoms with Gasteiger partial charge in [0.2, 0.25) is 0 Å². The van der Waals surface area contributed by atoms with Gasteiger partial charge in [-0.15, -0.1) is 0 Å². The molecule has 0 fully saturated rings. The molecule has 0 aromatic heterocycles. The number of halogens is 1. The lowest BCUT2D eigenvalue weighted by atomic mass is 10.0. The highest BCUT2D eigenvalue weighted by molar-refractivity contribution is 6.32. The third kappa shape index (κ3) is 4.88. The first-order valence-corrected chi connectivity index (χ1v) is 7.64. The van der Waals surface area contributed by atoms with Crippen molar-refractivity contribution in [2.45, 2.75) is 53.1 Å². The predicted molar refractivity (Wildman–Crippen MR) is 85.0 cm³/mol. The summed E-state index contributed by atoms with van der Waals surface area (Å²) >= 11 is 6.30. The Morgan fingerprint density at radius 2 is 1.75 bits per heavy atom. The molecular formula is C16H26ClNO2. The van der Waals surface area contributed by atoms with Crippen LogP contribution in [0.15, 0.2) is 12.1 Å². The zero-order valence-electron chi connectivity index (χ0n) is 13.2. The van der Waals surface area contributed by atoms with Crippen LogP contribution in [0.1, 0.15) is 46.6 Å². The van der Waals surface area contributed by atoms with Crippen LogP contribution in [0.25, 0.3) is 0 Å². The average molecular weight is 300 g/mol. The minimum atomic E-state index is 0.108. The highest BCUT2D eigenvalue weighted by Gasteiger charge is 2.16. The van der Waals surface area contributed by atoms with Gasteiger partial charge in [-0.3, -0.25) is 0 Å². The topological polar surface area (TPSA) is 30.5 Å². The fraction of sp³-hybridized carbons (Fsp3) is 0.625. The van der Waals surface area contributed by atoms with Gasteiger partial charge in [0.05, 0.1) is 18.2 Å². The van der Waals surface area contributed by atoms with Crippen molar-refractivity contribution in [2.75, 3.05) is 13.2 Å². The monoisotopic (exact) mass is 299 g/mol. The van der Waals surface area contributed by atoms with Crippen LogP contribution in [0.2, 0.25) is 5.02 Å². The third-order valence-electron chi connectivity index (χ3n) is 3.31. The van der Waals surface area contributed by atoms with E-state index in [0.29, 0.717) is 29.7 Å². The molecule has 1 N–H and O–H groups in total. The lowest BCUT2D eigenvalue weighted by Crippen LogP contribution is -2.37. The Morgan fingerprint density at radius 3 is 2.30 bits per heavy atom. The van der Waals surface area contributed by atoms with E-state index in [1.165, 1.54) is 0 Å². The quantitative estimate of drug-likeness (QED) is 0.771. The summed E-state index contributed by atoms with van der Waals surface area (Å²) in [5.74, 6) is 1.35. The fourth-order valence-corrected chi connectivity index (χ4v) is 2.02. The predicted octanol–water partition coefficient (Wildman–Crippen LogP) is 4.42. The molecule has 0 spiro atoms. The van der Waals surface area contributed by atoms with Crippen LogP contribution in [0.4, 0.5) is 0 Å². The van der Waals surface area contributed by atoms with Crippen molar-refractivity contribution in [1.82, 2.24) is 5.32 Å². The number of rotatable bonds is 8. The van der Waals surface area contributed by atoms with Crippen LogP contribution in [-0.2, 0) is 6.54 Å². The van der Waals surface area contributed by atoms with Crippen molar-refractivity contribution in [3.05, 3.63) is 22.7 Å². The van der Waals surface area contributed by atoms with Crippen LogP contribution >= 0.6 is 11.6 Å². The van der Waals surface area contributed by atoms with Gasteiger partial charge in [-0.2, -0.15) is 0 Å². The Kier molecular flexibility index (Phi) is 6.63. The van der Waals surface area contributed by atoms with Crippen LogP contribution in [-0.4, -0.2) is 18.8 Å². The van der Waals surface area contributed by atoms with E-state index < -0.39 is 0 Å². The first-order valence-electron chi connectivity index (χ1n) is 7.26. The van der Waals surface area contributed by atoms with Gasteiger partial charge in [-0.05, 0) is 51.8 Å². The number of ether oxygens (including phenoxy) is 2. The molecule has 0 unspecified atom stereocenters. The molecule has 0 saturated heterocycles. The van der Waals surface area contributed by atoms with E-state index in [1.807, 2.05) is 26.0 Å². The number of benzene rings is 1. The van der Waals surface area contributed by atoms with Crippen molar-refractivity contribution in [3.8, 4) is 11.5 Å². The Hall–Kier alpha value is -0.930. The maximum atomic E-state index is 6.30. The van der Waals surface area contributed by atoms with Crippen LogP contribution in [0, 0.1) is 0 Å². The zero-order valence-corrected chi connectivity index (χ0v) is 13.9. The molecule has 0 radical (unpaired) electrons. The van der Waals surface area contributed by atoms with Gasteiger partial charge in [-0.25, -0.2) is 0 Å². The van der Waals surface area contributed by atoms with E-state index in [1.54, 1.807) is 0 Å². The molecule has 0 saturated carbocycles. The van der Waals surface area contributed by atoms with Crippen molar-refractivity contribution in [2.24, 2.45) is 0 Å². The van der Waals surface area contributed by atoms with Crippen LogP contribution in [0.3, 0.4) is 0 Å². The van der Waals surface area contributed by atoms with E-state index in [2.05, 4.69) is 26.1 Å². The van der Waals surface area contributed by atoms with Gasteiger partial charge in [0, 0.05) is 12.1 Å². The third-order valence-corrected chi connectivity index (χ3v) is 3.59. The molecule has 0 bridgehead atoms. The van der Waals surface area contributed by atoms with Crippen molar-refractivity contribution < 1.29 is 9.47 Å². The maximum Gasteiger partial charge on any atom is 0.179 e. The van der Waals surface area contributed by atoms with E-state index in [4.69, 9.17) is 21.1 Å². The van der Waals surface area contributed by atoms with E-state index in [0.717, 1.165) is 18.5 Å². The second-order valence-corrected chi connectivity index (χ2v) is 5.77. The van der Waals surface area contributed by atoms with E-state index >= 15 is 0 Å². The largest absolute Gasteiger partial charge is 0.490 e. The summed E-state index contributed by atoms with van der Waals surface area (Å²) in [7, 11) is 0. The van der Waals surface area contributed by atoms with Gasteiger partial charge < -0.3 is 14.8 Å². The molecule has 20 heavy (non-hydrogen) atoms. The molecule has 4 heteroatoms. The molecule has 0 aliphatic rings. The molecule has 0 heterocycles. The molecule has 114 valence electrons. The normalized spacial score (nSPS) is 11.5. The molecule has 0 aliphatic carbocycles. The molecule has 3 nitrogen and oxygen atoms in total. The summed E-state index contributed by atoms with van der Waals surface area (Å²) in [5.41, 5.74) is 1.21. The first-order chi connectivity index (χ1) is 9.43. The lowest BCUT2D eigenvalue weighted by molar-refractivity contribution is 0.287. The lowest BCUT2D eigenvalue weighted by Gasteiger charge is -2.25. The summed E-state index contributed by atoms with van der Waals surface area (Å²) in [6.07, 6.45) is 1.07. The van der Waals surface area contributed by atoms with Gasteiger partial charge in [0.1, 0.15) is 0 Å². The van der Waals surface area contributed by atoms with Crippen LogP contribution < -0.4 is 14.8 Å². The maximum absolute atomic E-state index is 6.30. The van der Waals surface area contributed by atoms with Crippen LogP contribution in [0.5, 0.6) is 11.5 Å². The molecule has 0 atom stereocenters. The summed E-state index contributed by atoms with van der Waals surface area (Å²) in [5, 5.41) is 4.12. The van der Waals surface area contributed by atoms with Gasteiger partial charge in [-0.1, -0.05) is 18.5 Å². The number of hydrogen-bond acceptors (Lipinski definition) is 3. The minimum Gasteiger partial charge on any atom is -0.490 e. The second-order valence-electron chi connectivity index (χ2n) is 5.36. The van der Waals surface area contributed by atoms with Crippen molar-refractivity contribution >= 4 is 11.6 Å². The Labute approximate surface area is 127 Å². The molecule has 0 aliphatic heterocycles. The Balaban J connectivity index is 2.93. The smallest absolute Gasteiger partial charge is 0.179 e. The van der Waals surface area contributed by atoms with Gasteiger partial charge in [0.15, 0.2) is 11.5 Å². The second kappa shape index (κ2) is 7.75. The number of hydrogen-bond donors (Lipinski definition) is 1. The summed E-state index contributed by atoms with van der Waals surface area (Å²) < 4.78 is 11.2. The summed E-state index contributed by atoms with van der Waals surface area (Å²) in [4.78, 5) is 0. The van der Waals surface area contributed by atoms with E-state index in [-0.39, 0.29) is 5.54 Å². The average Bonchev–Trinajstić information content (AvgIpc) is 2.41. The molecule has 1 rings (SSSR count). The van der Waals surface area contributed by atoms with Gasteiger partial charge in [0.25, 0.3) is 0 Å². The highest BCUT2D eigenvalue weighted by Crippen LogP contribution is 2.36. The molecular weight excluding hydrogens is 274 g/mol. The SMILES string of the molecule is CCOc1cc(CNC(C)(C)CC)cc(Cl)c1OCC. The Morgan fingerprint density at radius 1 is 1.10 bits per heavy atom. The molecule has 1 aromatic rings. The first kappa shape index (κ1) is 17.1. The van der Waals surface area contributed by atoms with E-state index in [9.17, 15) is 0 Å². The summed E-state index contributed by atoms with van der Waals surface area (Å²) in [6.45, 7) is 12.4. The van der Waals surface area contributed by atoms with Crippen molar-refractivity contribution in [1.29, 1.82) is 0 Å². The van der Waals surface area contributed by atoms with Gasteiger partial charge >= 0.3 is 0 Å². The number of nitrogens with one attached hydrogen (secondary N) is 1. The standard InChI is InChI=1S/C16H26ClNO2/c1-6-16(4,5)18-11-12-9-13(17)15(20-8-3)14(10-12)19-7-2/h9-10,18H,6-8,11H2,1-5H3. The minimum absolute atomic E-state index is 0.108. The Bertz CT molecular complexity index is 433. The fourth-order valence-electron chi connectivity index (χ4n) is 1.74. The highest BCUT2D eigenvalue weighted by atomic mass is 35.5. The molecule has 0 amide bonds. The molecule has 1 aromatic carbocycles.